The van der Waals surface area contributed by atoms with E-state index < -0.39 is 0 Å². The summed E-state index contributed by atoms with van der Waals surface area (Å²) in [4.78, 5) is 9.19. The Kier molecular flexibility index (Phi) is 3.93. The smallest absolute Gasteiger partial charge is 0.147 e. The molecule has 0 amide bonds. The van der Waals surface area contributed by atoms with Crippen molar-refractivity contribution in [2.24, 2.45) is 0 Å². The molecule has 6 heteroatoms. The van der Waals surface area contributed by atoms with Crippen molar-refractivity contribution >= 4 is 11.3 Å². The molecule has 0 radical (unpaired) electrons. The Balaban J connectivity index is 1.38. The number of nitrogens with zero attached hydrogens (tertiary/aromatic N) is 4. The lowest BCUT2D eigenvalue weighted by atomic mass is 10.1. The maximum atomic E-state index is 4.73. The minimum Gasteiger partial charge on any atom is -0.306 e. The monoisotopic (exact) mass is 325 g/mol. The van der Waals surface area contributed by atoms with Crippen LogP contribution in [0.15, 0.2) is 35.7 Å². The molecule has 0 saturated heterocycles. The SMILES string of the molecule is Cc1nc2n(n1)C[C@H](NCc1csc(-c3ccccc3)n1)CC2. The van der Waals surface area contributed by atoms with Crippen LogP contribution in [0.4, 0.5) is 0 Å². The van der Waals surface area contributed by atoms with Crippen LogP contribution < -0.4 is 5.32 Å². The van der Waals surface area contributed by atoms with Crippen LogP contribution in [0.1, 0.15) is 23.8 Å². The third-order valence-corrected chi connectivity index (χ3v) is 5.05. The molecule has 3 heterocycles. The van der Waals surface area contributed by atoms with Gasteiger partial charge in [0.2, 0.25) is 0 Å². The van der Waals surface area contributed by atoms with Gasteiger partial charge in [-0.05, 0) is 13.3 Å². The average molecular weight is 325 g/mol. The molecule has 118 valence electrons. The molecule has 2 aromatic heterocycles. The summed E-state index contributed by atoms with van der Waals surface area (Å²) in [5.41, 5.74) is 2.29. The van der Waals surface area contributed by atoms with Crippen molar-refractivity contribution < 1.29 is 0 Å². The lowest BCUT2D eigenvalue weighted by Gasteiger charge is -2.23. The molecule has 5 nitrogen and oxygen atoms in total. The van der Waals surface area contributed by atoms with E-state index >= 15 is 0 Å². The molecule has 0 spiro atoms. The van der Waals surface area contributed by atoms with Gasteiger partial charge in [0.1, 0.15) is 16.7 Å². The van der Waals surface area contributed by atoms with Gasteiger partial charge in [-0.3, -0.25) is 0 Å². The zero-order chi connectivity index (χ0) is 15.6. The summed E-state index contributed by atoms with van der Waals surface area (Å²) in [7, 11) is 0. The zero-order valence-corrected chi connectivity index (χ0v) is 13.9. The molecule has 0 bridgehead atoms. The van der Waals surface area contributed by atoms with E-state index in [9.17, 15) is 0 Å². The fourth-order valence-corrected chi connectivity index (χ4v) is 3.78. The minimum absolute atomic E-state index is 0.436. The number of rotatable bonds is 4. The highest BCUT2D eigenvalue weighted by molar-refractivity contribution is 7.13. The second kappa shape index (κ2) is 6.22. The van der Waals surface area contributed by atoms with Gasteiger partial charge in [0.25, 0.3) is 0 Å². The number of benzene rings is 1. The predicted molar refractivity (Wildman–Crippen MR) is 91.3 cm³/mol. The topological polar surface area (TPSA) is 55.6 Å². The molecule has 0 fully saturated rings. The first-order chi connectivity index (χ1) is 11.3. The molecule has 0 unspecified atom stereocenters. The van der Waals surface area contributed by atoms with E-state index in [-0.39, 0.29) is 0 Å². The normalized spacial score (nSPS) is 17.2. The van der Waals surface area contributed by atoms with Crippen LogP contribution in [-0.2, 0) is 19.5 Å². The van der Waals surface area contributed by atoms with Crippen molar-refractivity contribution in [1.29, 1.82) is 0 Å². The maximum absolute atomic E-state index is 4.73. The third kappa shape index (κ3) is 3.18. The number of thiazole rings is 1. The van der Waals surface area contributed by atoms with Gasteiger partial charge < -0.3 is 5.32 Å². The number of hydrogen-bond acceptors (Lipinski definition) is 5. The Morgan fingerprint density at radius 3 is 3.00 bits per heavy atom. The number of fused-ring (bicyclic) bond motifs is 1. The molecule has 23 heavy (non-hydrogen) atoms. The molecule has 1 aliphatic rings. The predicted octanol–water partition coefficient (Wildman–Crippen LogP) is 2.81. The average Bonchev–Trinajstić information content (AvgIpc) is 3.18. The lowest BCUT2D eigenvalue weighted by Crippen LogP contribution is -2.37. The van der Waals surface area contributed by atoms with E-state index in [1.54, 1.807) is 11.3 Å². The quantitative estimate of drug-likeness (QED) is 0.801. The summed E-state index contributed by atoms with van der Waals surface area (Å²) in [5.74, 6) is 1.98. The van der Waals surface area contributed by atoms with E-state index in [0.29, 0.717) is 6.04 Å². The summed E-state index contributed by atoms with van der Waals surface area (Å²) in [5, 5.41) is 11.3. The third-order valence-electron chi connectivity index (χ3n) is 4.11. The highest BCUT2D eigenvalue weighted by Gasteiger charge is 2.20. The van der Waals surface area contributed by atoms with Crippen molar-refractivity contribution in [3.8, 4) is 10.6 Å². The van der Waals surface area contributed by atoms with E-state index in [1.165, 1.54) is 5.56 Å². The van der Waals surface area contributed by atoms with Crippen molar-refractivity contribution in [3.05, 3.63) is 53.1 Å². The zero-order valence-electron chi connectivity index (χ0n) is 13.1. The largest absolute Gasteiger partial charge is 0.306 e. The van der Waals surface area contributed by atoms with E-state index in [1.807, 2.05) is 29.8 Å². The second-order valence-electron chi connectivity index (χ2n) is 5.88. The standard InChI is InChI=1S/C17H19N5S/c1-12-19-16-8-7-14(10-22(16)21-12)18-9-15-11-23-17(20-15)13-5-3-2-4-6-13/h2-6,11,14,18H,7-10H2,1H3/t14-/m1/s1. The molecule has 4 rings (SSSR count). The van der Waals surface area contributed by atoms with Crippen molar-refractivity contribution in [2.45, 2.75) is 38.9 Å². The van der Waals surface area contributed by atoms with Gasteiger partial charge in [0.05, 0.1) is 12.2 Å². The van der Waals surface area contributed by atoms with Gasteiger partial charge in [-0.2, -0.15) is 5.10 Å². The van der Waals surface area contributed by atoms with Crippen LogP contribution in [0.5, 0.6) is 0 Å². The van der Waals surface area contributed by atoms with Crippen LogP contribution in [0.2, 0.25) is 0 Å². The number of hydrogen-bond donors (Lipinski definition) is 1. The van der Waals surface area contributed by atoms with Crippen LogP contribution in [0.25, 0.3) is 10.6 Å². The Morgan fingerprint density at radius 1 is 1.26 bits per heavy atom. The maximum Gasteiger partial charge on any atom is 0.147 e. The fraction of sp³-hybridized carbons (Fsp3) is 0.353. The van der Waals surface area contributed by atoms with Gasteiger partial charge >= 0.3 is 0 Å². The fourth-order valence-electron chi connectivity index (χ4n) is 2.95. The second-order valence-corrected chi connectivity index (χ2v) is 6.74. The Bertz CT molecular complexity index is 792. The molecule has 1 aliphatic heterocycles. The lowest BCUT2D eigenvalue weighted by molar-refractivity contribution is 0.356. The summed E-state index contributed by atoms with van der Waals surface area (Å²) in [6, 6.07) is 10.8. The molecule has 1 N–H and O–H groups in total. The minimum atomic E-state index is 0.436. The Hall–Kier alpha value is -2.05. The molecule has 0 aliphatic carbocycles. The van der Waals surface area contributed by atoms with Gasteiger partial charge in [-0.1, -0.05) is 30.3 Å². The highest BCUT2D eigenvalue weighted by atomic mass is 32.1. The van der Waals surface area contributed by atoms with Crippen LogP contribution in [0.3, 0.4) is 0 Å². The Labute approximate surface area is 139 Å². The van der Waals surface area contributed by atoms with E-state index in [4.69, 9.17) is 4.98 Å². The summed E-state index contributed by atoms with van der Waals surface area (Å²) < 4.78 is 2.03. The number of aromatic nitrogens is 4. The first-order valence-electron chi connectivity index (χ1n) is 7.91. The molecule has 0 saturated carbocycles. The number of nitrogens with one attached hydrogen (secondary N) is 1. The summed E-state index contributed by atoms with van der Waals surface area (Å²) >= 11 is 1.70. The molecular formula is C17H19N5S. The first-order valence-corrected chi connectivity index (χ1v) is 8.79. The van der Waals surface area contributed by atoms with Crippen LogP contribution in [0, 0.1) is 6.92 Å². The van der Waals surface area contributed by atoms with Crippen molar-refractivity contribution in [1.82, 2.24) is 25.1 Å². The Morgan fingerprint density at radius 2 is 2.13 bits per heavy atom. The van der Waals surface area contributed by atoms with Crippen LogP contribution >= 0.6 is 11.3 Å². The van der Waals surface area contributed by atoms with Gasteiger partial charge in [0.15, 0.2) is 0 Å². The van der Waals surface area contributed by atoms with Crippen molar-refractivity contribution in [2.75, 3.05) is 0 Å². The number of aryl methyl sites for hydroxylation is 2. The molecule has 1 atom stereocenters. The molecule has 3 aromatic rings. The van der Waals surface area contributed by atoms with Gasteiger partial charge in [-0.15, -0.1) is 11.3 Å². The van der Waals surface area contributed by atoms with Crippen molar-refractivity contribution in [3.63, 3.8) is 0 Å². The van der Waals surface area contributed by atoms with E-state index in [2.05, 4.69) is 32.9 Å². The highest BCUT2D eigenvalue weighted by Crippen LogP contribution is 2.23. The molecular weight excluding hydrogens is 306 g/mol. The van der Waals surface area contributed by atoms with Crippen LogP contribution in [-0.4, -0.2) is 25.8 Å². The van der Waals surface area contributed by atoms with Gasteiger partial charge in [0, 0.05) is 30.0 Å². The first kappa shape index (κ1) is 14.5. The summed E-state index contributed by atoms with van der Waals surface area (Å²) in [6.07, 6.45) is 2.10. The van der Waals surface area contributed by atoms with Gasteiger partial charge in [-0.25, -0.2) is 14.6 Å². The molecule has 1 aromatic carbocycles. The van der Waals surface area contributed by atoms with E-state index in [0.717, 1.165) is 48.3 Å². The summed E-state index contributed by atoms with van der Waals surface area (Å²) in [6.45, 7) is 3.65.